The van der Waals surface area contributed by atoms with Crippen LogP contribution in [0.4, 0.5) is 0 Å². The molecule has 30 heavy (non-hydrogen) atoms. The number of hydrogen-bond acceptors (Lipinski definition) is 3. The second kappa shape index (κ2) is 10.7. The first kappa shape index (κ1) is 23.1. The van der Waals surface area contributed by atoms with Gasteiger partial charge in [0, 0.05) is 12.1 Å². The smallest absolute Gasteiger partial charge is 0.0610 e. The molecule has 0 aromatic carbocycles. The van der Waals surface area contributed by atoms with Gasteiger partial charge in [-0.3, -0.25) is 0 Å². The molecule has 0 amide bonds. The van der Waals surface area contributed by atoms with Crippen molar-refractivity contribution >= 4 is 0 Å². The molecule has 3 heteroatoms. The average Bonchev–Trinajstić information content (AvgIpc) is 2.79. The molecule has 4 fully saturated rings. The van der Waals surface area contributed by atoms with Gasteiger partial charge in [-0.15, -0.1) is 0 Å². The van der Waals surface area contributed by atoms with Crippen LogP contribution in [0.3, 0.4) is 0 Å². The molecule has 174 valence electrons. The van der Waals surface area contributed by atoms with E-state index in [1.807, 2.05) is 0 Å². The van der Waals surface area contributed by atoms with Crippen molar-refractivity contribution in [1.29, 1.82) is 0 Å². The first-order valence-electron chi connectivity index (χ1n) is 13.5. The van der Waals surface area contributed by atoms with Gasteiger partial charge in [-0.05, 0) is 116 Å². The highest BCUT2D eigenvalue weighted by Crippen LogP contribution is 2.46. The third kappa shape index (κ3) is 5.62. The van der Waals surface area contributed by atoms with E-state index in [2.05, 4.69) is 38.0 Å². The van der Waals surface area contributed by atoms with Crippen molar-refractivity contribution in [2.45, 2.75) is 121 Å². The lowest BCUT2D eigenvalue weighted by Gasteiger charge is -2.47. The zero-order valence-electron chi connectivity index (χ0n) is 20.5. The lowest BCUT2D eigenvalue weighted by molar-refractivity contribution is -0.140. The van der Waals surface area contributed by atoms with Gasteiger partial charge in [0.25, 0.3) is 0 Å². The predicted molar refractivity (Wildman–Crippen MR) is 127 cm³/mol. The first-order valence-corrected chi connectivity index (χ1v) is 13.5. The van der Waals surface area contributed by atoms with Crippen molar-refractivity contribution in [1.82, 2.24) is 9.80 Å². The molecule has 3 aliphatic carbocycles. The van der Waals surface area contributed by atoms with Gasteiger partial charge in [0.2, 0.25) is 0 Å². The molecule has 2 atom stereocenters. The lowest BCUT2D eigenvalue weighted by Crippen LogP contribution is -2.46. The Kier molecular flexibility index (Phi) is 8.19. The summed E-state index contributed by atoms with van der Waals surface area (Å²) in [5.41, 5.74) is 0. The highest BCUT2D eigenvalue weighted by Gasteiger charge is 2.42. The Morgan fingerprint density at radius 2 is 0.900 bits per heavy atom. The Morgan fingerprint density at radius 1 is 0.467 bits per heavy atom. The molecular weight excluding hydrogens is 368 g/mol. The van der Waals surface area contributed by atoms with Crippen molar-refractivity contribution in [2.75, 3.05) is 28.2 Å². The fourth-order valence-electron chi connectivity index (χ4n) is 7.61. The van der Waals surface area contributed by atoms with E-state index < -0.39 is 0 Å². The zero-order chi connectivity index (χ0) is 21.1. The third-order valence-electron chi connectivity index (χ3n) is 9.73. The molecule has 4 rings (SSSR count). The van der Waals surface area contributed by atoms with Gasteiger partial charge >= 0.3 is 0 Å². The summed E-state index contributed by atoms with van der Waals surface area (Å²) in [5, 5.41) is 0. The normalized spacial score (nSPS) is 42.0. The van der Waals surface area contributed by atoms with Crippen molar-refractivity contribution in [3.63, 3.8) is 0 Å². The van der Waals surface area contributed by atoms with Crippen LogP contribution in [0.2, 0.25) is 0 Å². The minimum Gasteiger partial charge on any atom is -0.374 e. The monoisotopic (exact) mass is 418 g/mol. The van der Waals surface area contributed by atoms with Gasteiger partial charge in [-0.1, -0.05) is 32.1 Å². The molecule has 0 aromatic heterocycles. The Bertz CT molecular complexity index is 463. The first-order chi connectivity index (χ1) is 14.5. The fraction of sp³-hybridized carbons (Fsp3) is 1.00. The Labute approximate surface area is 187 Å². The molecule has 4 aliphatic rings. The Balaban J connectivity index is 1.40. The van der Waals surface area contributed by atoms with Crippen molar-refractivity contribution in [2.24, 2.45) is 23.7 Å². The van der Waals surface area contributed by atoms with E-state index in [0.717, 1.165) is 35.8 Å². The van der Waals surface area contributed by atoms with Crippen LogP contribution in [0.5, 0.6) is 0 Å². The average molecular weight is 419 g/mol. The van der Waals surface area contributed by atoms with Crippen molar-refractivity contribution in [3.05, 3.63) is 0 Å². The van der Waals surface area contributed by atoms with E-state index in [0.29, 0.717) is 12.2 Å². The van der Waals surface area contributed by atoms with Crippen LogP contribution in [-0.4, -0.2) is 62.3 Å². The van der Waals surface area contributed by atoms with Crippen LogP contribution < -0.4 is 0 Å². The van der Waals surface area contributed by atoms with Gasteiger partial charge in [0.1, 0.15) is 0 Å². The summed E-state index contributed by atoms with van der Waals surface area (Å²) in [6, 6.07) is 1.60. The Hall–Kier alpha value is -0.120. The maximum atomic E-state index is 7.05. The Morgan fingerprint density at radius 3 is 1.30 bits per heavy atom. The van der Waals surface area contributed by atoms with Crippen LogP contribution in [0.15, 0.2) is 0 Å². The number of ether oxygens (including phenoxy) is 1. The molecule has 3 nitrogen and oxygen atoms in total. The predicted octanol–water partition coefficient (Wildman–Crippen LogP) is 5.97. The molecule has 0 radical (unpaired) electrons. The summed E-state index contributed by atoms with van der Waals surface area (Å²) in [6.07, 6.45) is 22.4. The fourth-order valence-corrected chi connectivity index (χ4v) is 7.61. The number of nitrogens with zero attached hydrogens (tertiary/aromatic N) is 2. The summed E-state index contributed by atoms with van der Waals surface area (Å²) in [6.45, 7) is 0. The molecule has 0 spiro atoms. The summed E-state index contributed by atoms with van der Waals surface area (Å²) in [4.78, 5) is 4.91. The molecule has 2 unspecified atom stereocenters. The molecule has 0 aromatic rings. The SMILES string of the molecule is CN(C)C1CCC(C2CC(C3CCCCC3)CC(C3CCC(N(C)C)CC3)O2)CC1. The molecule has 0 bridgehead atoms. The minimum atomic E-state index is 0.561. The molecular formula is C27H50N2O. The molecule has 1 saturated heterocycles. The zero-order valence-corrected chi connectivity index (χ0v) is 20.5. The van der Waals surface area contributed by atoms with Crippen LogP contribution in [0.25, 0.3) is 0 Å². The maximum Gasteiger partial charge on any atom is 0.0610 e. The van der Waals surface area contributed by atoms with Crippen LogP contribution in [0.1, 0.15) is 96.3 Å². The summed E-state index contributed by atoms with van der Waals surface area (Å²) in [7, 11) is 9.06. The van der Waals surface area contributed by atoms with E-state index in [9.17, 15) is 0 Å². The van der Waals surface area contributed by atoms with Gasteiger partial charge in [-0.25, -0.2) is 0 Å². The van der Waals surface area contributed by atoms with Crippen LogP contribution in [0, 0.1) is 23.7 Å². The highest BCUT2D eigenvalue weighted by atomic mass is 16.5. The van der Waals surface area contributed by atoms with Gasteiger partial charge in [0.15, 0.2) is 0 Å². The van der Waals surface area contributed by atoms with Gasteiger partial charge < -0.3 is 14.5 Å². The van der Waals surface area contributed by atoms with E-state index in [-0.39, 0.29) is 0 Å². The summed E-state index contributed by atoms with van der Waals surface area (Å²) >= 11 is 0. The quantitative estimate of drug-likeness (QED) is 0.547. The van der Waals surface area contributed by atoms with Crippen LogP contribution >= 0.6 is 0 Å². The number of hydrogen-bond donors (Lipinski definition) is 0. The maximum absolute atomic E-state index is 7.05. The highest BCUT2D eigenvalue weighted by molar-refractivity contribution is 4.92. The second-order valence-corrected chi connectivity index (χ2v) is 11.9. The van der Waals surface area contributed by atoms with Gasteiger partial charge in [0.05, 0.1) is 12.2 Å². The third-order valence-corrected chi connectivity index (χ3v) is 9.73. The minimum absolute atomic E-state index is 0.561. The molecule has 3 saturated carbocycles. The second-order valence-electron chi connectivity index (χ2n) is 11.9. The molecule has 1 aliphatic heterocycles. The molecule has 1 heterocycles. The molecule has 0 N–H and O–H groups in total. The van der Waals surface area contributed by atoms with E-state index in [1.54, 1.807) is 0 Å². The van der Waals surface area contributed by atoms with E-state index in [4.69, 9.17) is 4.74 Å². The standard InChI is InChI=1S/C27H50N2O/c1-28(2)24-14-10-21(11-15-24)26-18-23(20-8-6-5-7-9-20)19-27(30-26)22-12-16-25(17-13-22)29(3)4/h20-27H,5-19H2,1-4H3. The van der Waals surface area contributed by atoms with Gasteiger partial charge in [-0.2, -0.15) is 0 Å². The lowest BCUT2D eigenvalue weighted by atomic mass is 9.68. The van der Waals surface area contributed by atoms with E-state index >= 15 is 0 Å². The largest absolute Gasteiger partial charge is 0.374 e. The van der Waals surface area contributed by atoms with Crippen LogP contribution in [-0.2, 0) is 4.74 Å². The summed E-state index contributed by atoms with van der Waals surface area (Å²) < 4.78 is 7.05. The topological polar surface area (TPSA) is 15.7 Å². The summed E-state index contributed by atoms with van der Waals surface area (Å²) in [5.74, 6) is 3.61. The number of rotatable bonds is 5. The van der Waals surface area contributed by atoms with Crippen molar-refractivity contribution in [3.8, 4) is 0 Å². The van der Waals surface area contributed by atoms with E-state index in [1.165, 1.54) is 96.3 Å². The van der Waals surface area contributed by atoms with Crippen molar-refractivity contribution < 1.29 is 4.74 Å².